The summed E-state index contributed by atoms with van der Waals surface area (Å²) in [6.07, 6.45) is 9.09. The lowest BCUT2D eigenvalue weighted by Crippen LogP contribution is -2.36. The van der Waals surface area contributed by atoms with E-state index in [1.807, 2.05) is 6.07 Å². The van der Waals surface area contributed by atoms with Crippen LogP contribution in [0.15, 0.2) is 24.3 Å². The van der Waals surface area contributed by atoms with Crippen molar-refractivity contribution in [3.8, 4) is 5.75 Å². The molecule has 3 rings (SSSR count). The van der Waals surface area contributed by atoms with Gasteiger partial charge < -0.3 is 9.64 Å². The van der Waals surface area contributed by atoms with Gasteiger partial charge in [0.15, 0.2) is 0 Å². The second-order valence-electron chi connectivity index (χ2n) is 7.84. The van der Waals surface area contributed by atoms with Crippen molar-refractivity contribution < 1.29 is 9.53 Å². The van der Waals surface area contributed by atoms with Crippen LogP contribution in [-0.2, 0) is 11.2 Å². The Morgan fingerprint density at radius 2 is 1.96 bits per heavy atom. The summed E-state index contributed by atoms with van der Waals surface area (Å²) in [6, 6.07) is 8.83. The maximum atomic E-state index is 12.6. The zero-order valence-corrected chi connectivity index (χ0v) is 15.2. The molecular weight excluding hydrogens is 298 g/mol. The number of hydrogen-bond donors (Lipinski definition) is 0. The highest BCUT2D eigenvalue weighted by Gasteiger charge is 2.32. The van der Waals surface area contributed by atoms with Gasteiger partial charge in [-0.25, -0.2) is 0 Å². The van der Waals surface area contributed by atoms with Crippen molar-refractivity contribution in [1.82, 2.24) is 4.90 Å². The van der Waals surface area contributed by atoms with Crippen LogP contribution in [0.25, 0.3) is 0 Å². The van der Waals surface area contributed by atoms with E-state index in [4.69, 9.17) is 4.74 Å². The van der Waals surface area contributed by atoms with Gasteiger partial charge in [0.25, 0.3) is 0 Å². The average molecular weight is 329 g/mol. The molecule has 2 aliphatic carbocycles. The second-order valence-corrected chi connectivity index (χ2v) is 7.84. The number of ether oxygens (including phenoxy) is 1. The summed E-state index contributed by atoms with van der Waals surface area (Å²) in [5.41, 5.74) is 1.21. The predicted molar refractivity (Wildman–Crippen MR) is 97.2 cm³/mol. The first-order valence-corrected chi connectivity index (χ1v) is 9.67. The molecule has 0 spiro atoms. The summed E-state index contributed by atoms with van der Waals surface area (Å²) in [5, 5.41) is 0. The van der Waals surface area contributed by atoms with Gasteiger partial charge >= 0.3 is 0 Å². The summed E-state index contributed by atoms with van der Waals surface area (Å²) in [4.78, 5) is 14.7. The first-order valence-electron chi connectivity index (χ1n) is 9.67. The number of aryl methyl sites for hydroxylation is 1. The molecule has 0 unspecified atom stereocenters. The van der Waals surface area contributed by atoms with Gasteiger partial charge in [-0.15, -0.1) is 0 Å². The Hall–Kier alpha value is -1.51. The fraction of sp³-hybridized carbons (Fsp3) is 0.667. The van der Waals surface area contributed by atoms with Gasteiger partial charge in [0.2, 0.25) is 5.91 Å². The van der Waals surface area contributed by atoms with Gasteiger partial charge in [-0.1, -0.05) is 26.0 Å². The van der Waals surface area contributed by atoms with Crippen LogP contribution in [0.2, 0.25) is 0 Å². The van der Waals surface area contributed by atoms with Crippen LogP contribution in [0.3, 0.4) is 0 Å². The molecule has 0 aliphatic heterocycles. The summed E-state index contributed by atoms with van der Waals surface area (Å²) in [5.74, 6) is 1.82. The standard InChI is InChI=1S/C21H31NO2/c1-16(2)15-22(18-11-12-18)21(23)13-10-17-6-5-9-20(14-17)24-19-7-3-4-8-19/h5-6,9,14,16,18-19H,3-4,7-8,10-13,15H2,1-2H3. The van der Waals surface area contributed by atoms with Gasteiger partial charge in [0, 0.05) is 19.0 Å². The molecule has 1 amide bonds. The maximum Gasteiger partial charge on any atom is 0.223 e. The van der Waals surface area contributed by atoms with Gasteiger partial charge in [0.1, 0.15) is 5.75 Å². The van der Waals surface area contributed by atoms with Crippen molar-refractivity contribution >= 4 is 5.91 Å². The van der Waals surface area contributed by atoms with Crippen LogP contribution < -0.4 is 4.74 Å². The Bertz CT molecular complexity index is 545. The van der Waals surface area contributed by atoms with Crippen molar-refractivity contribution in [1.29, 1.82) is 0 Å². The first-order chi connectivity index (χ1) is 11.6. The largest absolute Gasteiger partial charge is 0.490 e. The van der Waals surface area contributed by atoms with E-state index in [1.165, 1.54) is 44.1 Å². The lowest BCUT2D eigenvalue weighted by Gasteiger charge is -2.24. The Kier molecular flexibility index (Phi) is 5.80. The molecule has 0 atom stereocenters. The Labute approximate surface area is 146 Å². The molecule has 2 fully saturated rings. The summed E-state index contributed by atoms with van der Waals surface area (Å²) < 4.78 is 6.08. The molecule has 24 heavy (non-hydrogen) atoms. The number of nitrogens with zero attached hydrogens (tertiary/aromatic N) is 1. The average Bonchev–Trinajstić information content (AvgIpc) is 3.28. The first kappa shape index (κ1) is 17.3. The molecule has 2 saturated carbocycles. The van der Waals surface area contributed by atoms with E-state index in [2.05, 4.69) is 36.9 Å². The zero-order valence-electron chi connectivity index (χ0n) is 15.2. The molecule has 1 aromatic rings. The highest BCUT2D eigenvalue weighted by atomic mass is 16.5. The highest BCUT2D eigenvalue weighted by Crippen LogP contribution is 2.29. The smallest absolute Gasteiger partial charge is 0.223 e. The minimum Gasteiger partial charge on any atom is -0.490 e. The van der Waals surface area contributed by atoms with E-state index in [0.29, 0.717) is 30.4 Å². The molecule has 0 saturated heterocycles. The number of carbonyl (C=O) groups excluding carboxylic acids is 1. The molecule has 3 heteroatoms. The van der Waals surface area contributed by atoms with Gasteiger partial charge in [-0.3, -0.25) is 4.79 Å². The summed E-state index contributed by atoms with van der Waals surface area (Å²) in [6.45, 7) is 5.27. The number of carbonyl (C=O) groups is 1. The minimum atomic E-state index is 0.313. The topological polar surface area (TPSA) is 29.5 Å². The molecule has 3 nitrogen and oxygen atoms in total. The fourth-order valence-corrected chi connectivity index (χ4v) is 3.60. The van der Waals surface area contributed by atoms with Crippen LogP contribution >= 0.6 is 0 Å². The lowest BCUT2D eigenvalue weighted by molar-refractivity contribution is -0.132. The number of benzene rings is 1. The van der Waals surface area contributed by atoms with Crippen LogP contribution in [-0.4, -0.2) is 29.5 Å². The zero-order chi connectivity index (χ0) is 16.9. The van der Waals surface area contributed by atoms with E-state index in [-0.39, 0.29) is 0 Å². The Balaban J connectivity index is 1.52. The third kappa shape index (κ3) is 4.99. The molecule has 132 valence electrons. The molecule has 0 aromatic heterocycles. The van der Waals surface area contributed by atoms with Crippen molar-refractivity contribution in [2.24, 2.45) is 5.92 Å². The van der Waals surface area contributed by atoms with Crippen molar-refractivity contribution in [3.63, 3.8) is 0 Å². The maximum absolute atomic E-state index is 12.6. The number of hydrogen-bond acceptors (Lipinski definition) is 2. The van der Waals surface area contributed by atoms with E-state index in [9.17, 15) is 4.79 Å². The third-order valence-corrected chi connectivity index (χ3v) is 5.00. The second kappa shape index (κ2) is 8.04. The fourth-order valence-electron chi connectivity index (χ4n) is 3.60. The minimum absolute atomic E-state index is 0.313. The van der Waals surface area contributed by atoms with Crippen molar-refractivity contribution in [3.05, 3.63) is 29.8 Å². The van der Waals surface area contributed by atoms with E-state index in [0.717, 1.165) is 18.7 Å². The van der Waals surface area contributed by atoms with E-state index in [1.54, 1.807) is 0 Å². The molecule has 0 N–H and O–H groups in total. The van der Waals surface area contributed by atoms with Crippen LogP contribution in [0.4, 0.5) is 0 Å². The van der Waals surface area contributed by atoms with Crippen molar-refractivity contribution in [2.75, 3.05) is 6.54 Å². The van der Waals surface area contributed by atoms with Crippen LogP contribution in [0.1, 0.15) is 64.4 Å². The predicted octanol–water partition coefficient (Wildman–Crippen LogP) is 4.59. The Morgan fingerprint density at radius 3 is 2.62 bits per heavy atom. The normalized spacial score (nSPS) is 18.1. The van der Waals surface area contributed by atoms with Gasteiger partial charge in [-0.2, -0.15) is 0 Å². The van der Waals surface area contributed by atoms with E-state index < -0.39 is 0 Å². The third-order valence-electron chi connectivity index (χ3n) is 5.00. The monoisotopic (exact) mass is 329 g/mol. The quantitative estimate of drug-likeness (QED) is 0.698. The number of amides is 1. The summed E-state index contributed by atoms with van der Waals surface area (Å²) in [7, 11) is 0. The molecule has 0 heterocycles. The summed E-state index contributed by atoms with van der Waals surface area (Å²) >= 11 is 0. The van der Waals surface area contributed by atoms with E-state index >= 15 is 0 Å². The van der Waals surface area contributed by atoms with Gasteiger partial charge in [-0.05, 0) is 68.6 Å². The lowest BCUT2D eigenvalue weighted by atomic mass is 10.1. The molecule has 0 radical (unpaired) electrons. The molecule has 2 aliphatic rings. The number of rotatable bonds is 8. The Morgan fingerprint density at radius 1 is 1.21 bits per heavy atom. The van der Waals surface area contributed by atoms with Crippen LogP contribution in [0, 0.1) is 5.92 Å². The highest BCUT2D eigenvalue weighted by molar-refractivity contribution is 5.77. The SMILES string of the molecule is CC(C)CN(C(=O)CCc1cccc(OC2CCCC2)c1)C1CC1. The molecule has 1 aromatic carbocycles. The van der Waals surface area contributed by atoms with Gasteiger partial charge in [0.05, 0.1) is 6.10 Å². The molecule has 0 bridgehead atoms. The molecular formula is C21H31NO2. The van der Waals surface area contributed by atoms with Crippen LogP contribution in [0.5, 0.6) is 5.75 Å². The van der Waals surface area contributed by atoms with Crippen molar-refractivity contribution in [2.45, 2.75) is 77.4 Å².